The molecule has 5 atom stereocenters. The Hall–Kier alpha value is -0.130. The zero-order valence-corrected chi connectivity index (χ0v) is 15.8. The molecule has 5 heteroatoms. The van der Waals surface area contributed by atoms with Gasteiger partial charge in [-0.25, -0.2) is 0 Å². The molecule has 0 amide bonds. The maximum absolute atomic E-state index is 11.1. The van der Waals surface area contributed by atoms with Crippen LogP contribution in [0.5, 0.6) is 0 Å². The maximum Gasteiger partial charge on any atom is 0.317 e. The van der Waals surface area contributed by atoms with Gasteiger partial charge < -0.3 is 5.11 Å². The Morgan fingerprint density at radius 1 is 1.13 bits per heavy atom. The highest BCUT2D eigenvalue weighted by Crippen LogP contribution is 2.45. The molecule has 3 aliphatic rings. The van der Waals surface area contributed by atoms with Crippen LogP contribution < -0.4 is 5.32 Å². The van der Waals surface area contributed by atoms with Crippen molar-refractivity contribution in [1.29, 1.82) is 0 Å². The molecule has 3 rings (SSSR count). The van der Waals surface area contributed by atoms with Gasteiger partial charge in [-0.2, -0.15) is 0 Å². The first-order chi connectivity index (χ1) is 11.0. The van der Waals surface area contributed by atoms with E-state index < -0.39 is 5.97 Å². The van der Waals surface area contributed by atoms with E-state index >= 15 is 0 Å². The third-order valence-electron chi connectivity index (χ3n) is 6.46. The normalized spacial score (nSPS) is 39.2. The number of hydrogen-bond donors (Lipinski definition) is 2. The summed E-state index contributed by atoms with van der Waals surface area (Å²) < 4.78 is 0. The number of fused-ring (bicyclic) bond motifs is 1. The lowest BCUT2D eigenvalue weighted by molar-refractivity contribution is -0.139. The zero-order valence-electron chi connectivity index (χ0n) is 14.2. The molecule has 1 aliphatic heterocycles. The van der Waals surface area contributed by atoms with Gasteiger partial charge in [-0.05, 0) is 50.5 Å². The quantitative estimate of drug-likeness (QED) is 0.726. The average molecular weight is 387 g/mol. The van der Waals surface area contributed by atoms with Crippen LogP contribution in [0, 0.1) is 17.8 Å². The summed E-state index contributed by atoms with van der Waals surface area (Å²) in [6, 6.07) is 0.551. The van der Waals surface area contributed by atoms with Gasteiger partial charge >= 0.3 is 5.97 Å². The fourth-order valence-electron chi connectivity index (χ4n) is 5.33. The topological polar surface area (TPSA) is 52.6 Å². The van der Waals surface area contributed by atoms with Gasteiger partial charge in [0.2, 0.25) is 0 Å². The second-order valence-electron chi connectivity index (χ2n) is 7.97. The number of likely N-dealkylation sites (N-methyl/N-ethyl adjacent to an activating group) is 1. The highest BCUT2D eigenvalue weighted by molar-refractivity contribution is 9.09. The van der Waals surface area contributed by atoms with Crippen LogP contribution in [0.15, 0.2) is 0 Å². The van der Waals surface area contributed by atoms with E-state index in [1.807, 2.05) is 11.9 Å². The van der Waals surface area contributed by atoms with E-state index in [1.165, 1.54) is 51.4 Å². The number of nitrogens with one attached hydrogen (secondary N) is 1. The number of hydrogen-bond acceptors (Lipinski definition) is 3. The standard InChI is InChI=1S/C18H31BrN2O2/c1-21(11-18(22)23)17-10-15(12-5-3-2-4-6-12)14-8-7-13(19)9-16(14)20-17/h12-17,20H,2-11H2,1H3,(H,22,23). The van der Waals surface area contributed by atoms with Crippen LogP contribution in [0.4, 0.5) is 0 Å². The molecule has 2 N–H and O–H groups in total. The highest BCUT2D eigenvalue weighted by atomic mass is 79.9. The van der Waals surface area contributed by atoms with Crippen molar-refractivity contribution >= 4 is 21.9 Å². The van der Waals surface area contributed by atoms with Crippen molar-refractivity contribution in [2.45, 2.75) is 74.8 Å². The monoisotopic (exact) mass is 386 g/mol. The molecular formula is C18H31BrN2O2. The van der Waals surface area contributed by atoms with Crippen molar-refractivity contribution < 1.29 is 9.90 Å². The summed E-state index contributed by atoms with van der Waals surface area (Å²) in [6.45, 7) is 0.129. The van der Waals surface area contributed by atoms with Crippen molar-refractivity contribution in [3.63, 3.8) is 0 Å². The Morgan fingerprint density at radius 2 is 1.87 bits per heavy atom. The zero-order chi connectivity index (χ0) is 16.4. The summed E-state index contributed by atoms with van der Waals surface area (Å²) in [7, 11) is 1.96. The lowest BCUT2D eigenvalue weighted by atomic mass is 9.64. The van der Waals surface area contributed by atoms with E-state index in [9.17, 15) is 4.79 Å². The van der Waals surface area contributed by atoms with Crippen LogP contribution in [-0.2, 0) is 4.79 Å². The molecule has 0 aromatic rings. The van der Waals surface area contributed by atoms with Crippen molar-refractivity contribution in [3.05, 3.63) is 0 Å². The molecule has 1 saturated heterocycles. The smallest absolute Gasteiger partial charge is 0.317 e. The molecule has 0 aromatic carbocycles. The summed E-state index contributed by atoms with van der Waals surface area (Å²) in [5.41, 5.74) is 0. The van der Waals surface area contributed by atoms with Gasteiger partial charge in [0.1, 0.15) is 0 Å². The average Bonchev–Trinajstić information content (AvgIpc) is 2.53. The third-order valence-corrected chi connectivity index (χ3v) is 7.30. The number of piperidine rings is 1. The van der Waals surface area contributed by atoms with Crippen LogP contribution in [-0.4, -0.2) is 46.6 Å². The van der Waals surface area contributed by atoms with E-state index in [0.29, 0.717) is 10.9 Å². The maximum atomic E-state index is 11.1. The molecule has 1 heterocycles. The van der Waals surface area contributed by atoms with Crippen molar-refractivity contribution in [2.24, 2.45) is 17.8 Å². The Balaban J connectivity index is 1.73. The number of aliphatic carboxylic acids is 1. The molecule has 5 unspecified atom stereocenters. The summed E-state index contributed by atoms with van der Waals surface area (Å²) in [5, 5.41) is 12.9. The van der Waals surface area contributed by atoms with Crippen LogP contribution in [0.2, 0.25) is 0 Å². The minimum Gasteiger partial charge on any atom is -0.480 e. The fourth-order valence-corrected chi connectivity index (χ4v) is 6.00. The SMILES string of the molecule is CN(CC(=O)O)C1CC(C2CCCCC2)C2CCC(Br)CC2N1. The highest BCUT2D eigenvalue weighted by Gasteiger charge is 2.44. The predicted octanol–water partition coefficient (Wildman–Crippen LogP) is 3.45. The Kier molecular flexibility index (Phi) is 6.02. The Labute approximate surface area is 148 Å². The van der Waals surface area contributed by atoms with Gasteiger partial charge in [0.15, 0.2) is 0 Å². The van der Waals surface area contributed by atoms with Gasteiger partial charge in [0.05, 0.1) is 12.7 Å². The third kappa shape index (κ3) is 4.29. The van der Waals surface area contributed by atoms with Gasteiger partial charge in [-0.1, -0.05) is 48.0 Å². The predicted molar refractivity (Wildman–Crippen MR) is 95.7 cm³/mol. The summed E-state index contributed by atoms with van der Waals surface area (Å²) in [6.07, 6.45) is 12.1. The first kappa shape index (κ1) is 17.7. The molecule has 0 spiro atoms. The molecule has 23 heavy (non-hydrogen) atoms. The van der Waals surface area contributed by atoms with Crippen LogP contribution in [0.1, 0.15) is 57.8 Å². The van der Waals surface area contributed by atoms with Crippen LogP contribution >= 0.6 is 15.9 Å². The largest absolute Gasteiger partial charge is 0.480 e. The Morgan fingerprint density at radius 3 is 2.57 bits per heavy atom. The molecule has 4 nitrogen and oxygen atoms in total. The molecule has 2 saturated carbocycles. The van der Waals surface area contributed by atoms with Crippen molar-refractivity contribution in [3.8, 4) is 0 Å². The number of halogens is 1. The summed E-state index contributed by atoms with van der Waals surface area (Å²) in [5.74, 6) is 1.71. The molecule has 0 bridgehead atoms. The van der Waals surface area contributed by atoms with Crippen LogP contribution in [0.25, 0.3) is 0 Å². The molecule has 0 aromatic heterocycles. The molecule has 0 radical (unpaired) electrons. The van der Waals surface area contributed by atoms with E-state index in [0.717, 1.165) is 24.2 Å². The second-order valence-corrected chi connectivity index (χ2v) is 9.26. The van der Waals surface area contributed by atoms with E-state index in [-0.39, 0.29) is 12.7 Å². The second kappa shape index (κ2) is 7.83. The van der Waals surface area contributed by atoms with Gasteiger partial charge in [0.25, 0.3) is 0 Å². The minimum atomic E-state index is -0.729. The summed E-state index contributed by atoms with van der Waals surface area (Å²) >= 11 is 3.82. The van der Waals surface area contributed by atoms with E-state index in [4.69, 9.17) is 5.11 Å². The Bertz CT molecular complexity index is 414. The lowest BCUT2D eigenvalue weighted by Crippen LogP contribution is -2.60. The number of alkyl halides is 1. The molecule has 132 valence electrons. The van der Waals surface area contributed by atoms with Gasteiger partial charge in [-0.3, -0.25) is 15.0 Å². The minimum absolute atomic E-state index is 0.129. The molecular weight excluding hydrogens is 356 g/mol. The number of carboxylic acid groups (broad SMARTS) is 1. The summed E-state index contributed by atoms with van der Waals surface area (Å²) in [4.78, 5) is 13.7. The van der Waals surface area contributed by atoms with Crippen molar-refractivity contribution in [1.82, 2.24) is 10.2 Å². The molecule has 2 aliphatic carbocycles. The number of carboxylic acids is 1. The van der Waals surface area contributed by atoms with Gasteiger partial charge in [0, 0.05) is 10.9 Å². The number of rotatable bonds is 4. The number of carbonyl (C=O) groups is 1. The first-order valence-corrected chi connectivity index (χ1v) is 10.3. The number of nitrogens with zero attached hydrogens (tertiary/aromatic N) is 1. The van der Waals surface area contributed by atoms with E-state index in [1.54, 1.807) is 0 Å². The van der Waals surface area contributed by atoms with Crippen LogP contribution in [0.3, 0.4) is 0 Å². The fraction of sp³-hybridized carbons (Fsp3) is 0.944. The van der Waals surface area contributed by atoms with Crippen molar-refractivity contribution in [2.75, 3.05) is 13.6 Å². The molecule has 3 fully saturated rings. The first-order valence-electron chi connectivity index (χ1n) is 9.36. The lowest BCUT2D eigenvalue weighted by Gasteiger charge is -2.51. The van der Waals surface area contributed by atoms with Gasteiger partial charge in [-0.15, -0.1) is 0 Å². The van der Waals surface area contributed by atoms with E-state index in [2.05, 4.69) is 21.2 Å².